The van der Waals surface area contributed by atoms with Crippen LogP contribution in [0.25, 0.3) is 0 Å². The van der Waals surface area contributed by atoms with Gasteiger partial charge in [0.25, 0.3) is 0 Å². The van der Waals surface area contributed by atoms with Crippen LogP contribution in [0.2, 0.25) is 0 Å². The monoisotopic (exact) mass is 192 g/mol. The van der Waals surface area contributed by atoms with E-state index in [2.05, 4.69) is 0 Å². The van der Waals surface area contributed by atoms with E-state index in [0.717, 1.165) is 12.2 Å². The van der Waals surface area contributed by atoms with Crippen molar-refractivity contribution in [2.45, 2.75) is 18.8 Å². The fourth-order valence-electron chi connectivity index (χ4n) is 1.83. The Bertz CT molecular complexity index is 337. The molecule has 2 atom stereocenters. The van der Waals surface area contributed by atoms with Crippen molar-refractivity contribution in [3.63, 3.8) is 0 Å². The number of carboxylic acids is 1. The SMILES string of the molecule is O=C(O)C1C=CCC(c2ccco2)C1. The van der Waals surface area contributed by atoms with Crippen LogP contribution in [-0.4, -0.2) is 11.1 Å². The summed E-state index contributed by atoms with van der Waals surface area (Å²) in [5.41, 5.74) is 0. The highest BCUT2D eigenvalue weighted by atomic mass is 16.4. The zero-order valence-electron chi connectivity index (χ0n) is 7.72. The van der Waals surface area contributed by atoms with Gasteiger partial charge in [-0.1, -0.05) is 12.2 Å². The van der Waals surface area contributed by atoms with Crippen LogP contribution < -0.4 is 0 Å². The van der Waals surface area contributed by atoms with Crippen LogP contribution in [0.4, 0.5) is 0 Å². The normalized spacial score (nSPS) is 26.3. The van der Waals surface area contributed by atoms with Crippen molar-refractivity contribution in [1.82, 2.24) is 0 Å². The molecule has 0 aromatic carbocycles. The largest absolute Gasteiger partial charge is 0.481 e. The minimum Gasteiger partial charge on any atom is -0.481 e. The van der Waals surface area contributed by atoms with Crippen molar-refractivity contribution in [3.8, 4) is 0 Å². The van der Waals surface area contributed by atoms with Gasteiger partial charge in [-0.3, -0.25) is 4.79 Å². The molecule has 74 valence electrons. The van der Waals surface area contributed by atoms with Gasteiger partial charge in [0, 0.05) is 5.92 Å². The number of hydrogen-bond acceptors (Lipinski definition) is 2. The van der Waals surface area contributed by atoms with E-state index in [1.165, 1.54) is 0 Å². The first kappa shape index (κ1) is 9.06. The summed E-state index contributed by atoms with van der Waals surface area (Å²) in [6, 6.07) is 3.74. The average molecular weight is 192 g/mol. The second-order valence-corrected chi connectivity index (χ2v) is 3.56. The molecule has 0 spiro atoms. The van der Waals surface area contributed by atoms with Gasteiger partial charge in [0.15, 0.2) is 0 Å². The molecule has 0 aliphatic heterocycles. The maximum absolute atomic E-state index is 10.8. The molecule has 0 radical (unpaired) electrons. The van der Waals surface area contributed by atoms with Crippen LogP contribution >= 0.6 is 0 Å². The van der Waals surface area contributed by atoms with Crippen molar-refractivity contribution in [3.05, 3.63) is 36.3 Å². The molecule has 1 aliphatic rings. The Morgan fingerprint density at radius 1 is 1.57 bits per heavy atom. The van der Waals surface area contributed by atoms with Gasteiger partial charge in [0.2, 0.25) is 0 Å². The van der Waals surface area contributed by atoms with E-state index < -0.39 is 5.97 Å². The highest BCUT2D eigenvalue weighted by molar-refractivity contribution is 5.72. The third-order valence-corrected chi connectivity index (χ3v) is 2.59. The third-order valence-electron chi connectivity index (χ3n) is 2.59. The van der Waals surface area contributed by atoms with Crippen LogP contribution in [0.5, 0.6) is 0 Å². The summed E-state index contributed by atoms with van der Waals surface area (Å²) in [5, 5.41) is 8.87. The van der Waals surface area contributed by atoms with E-state index in [1.54, 1.807) is 12.3 Å². The smallest absolute Gasteiger partial charge is 0.310 e. The Balaban J connectivity index is 2.11. The lowest BCUT2D eigenvalue weighted by atomic mass is 9.85. The maximum atomic E-state index is 10.8. The Hall–Kier alpha value is -1.51. The topological polar surface area (TPSA) is 50.4 Å². The predicted octanol–water partition coefficient (Wildman–Crippen LogP) is 2.41. The molecule has 14 heavy (non-hydrogen) atoms. The molecule has 3 heteroatoms. The first-order valence-corrected chi connectivity index (χ1v) is 4.70. The van der Waals surface area contributed by atoms with E-state index in [-0.39, 0.29) is 11.8 Å². The average Bonchev–Trinajstić information content (AvgIpc) is 2.71. The zero-order valence-corrected chi connectivity index (χ0v) is 7.72. The summed E-state index contributed by atoms with van der Waals surface area (Å²) >= 11 is 0. The lowest BCUT2D eigenvalue weighted by molar-refractivity contribution is -0.140. The Morgan fingerprint density at radius 2 is 2.43 bits per heavy atom. The molecule has 1 aromatic rings. The van der Waals surface area contributed by atoms with E-state index in [0.29, 0.717) is 6.42 Å². The Morgan fingerprint density at radius 3 is 3.07 bits per heavy atom. The van der Waals surface area contributed by atoms with Gasteiger partial charge in [0.05, 0.1) is 12.2 Å². The summed E-state index contributed by atoms with van der Waals surface area (Å²) in [7, 11) is 0. The molecule has 2 unspecified atom stereocenters. The minimum absolute atomic E-state index is 0.219. The lowest BCUT2D eigenvalue weighted by Gasteiger charge is -2.20. The van der Waals surface area contributed by atoms with Crippen molar-refractivity contribution in [1.29, 1.82) is 0 Å². The van der Waals surface area contributed by atoms with Crippen molar-refractivity contribution in [2.24, 2.45) is 5.92 Å². The number of allylic oxidation sites excluding steroid dienone is 1. The molecule has 0 bridgehead atoms. The molecule has 0 saturated heterocycles. The molecular formula is C11H12O3. The van der Waals surface area contributed by atoms with Gasteiger partial charge < -0.3 is 9.52 Å². The van der Waals surface area contributed by atoms with E-state index in [9.17, 15) is 4.79 Å². The number of carboxylic acid groups (broad SMARTS) is 1. The summed E-state index contributed by atoms with van der Waals surface area (Å²) < 4.78 is 5.27. The van der Waals surface area contributed by atoms with Crippen LogP contribution in [0.3, 0.4) is 0 Å². The van der Waals surface area contributed by atoms with Gasteiger partial charge >= 0.3 is 5.97 Å². The summed E-state index contributed by atoms with van der Waals surface area (Å²) in [4.78, 5) is 10.8. The van der Waals surface area contributed by atoms with Crippen LogP contribution in [0.1, 0.15) is 24.5 Å². The van der Waals surface area contributed by atoms with Crippen LogP contribution in [0.15, 0.2) is 35.0 Å². The quantitative estimate of drug-likeness (QED) is 0.732. The summed E-state index contributed by atoms with van der Waals surface area (Å²) in [6.07, 6.45) is 6.83. The molecule has 0 saturated carbocycles. The Kier molecular flexibility index (Phi) is 2.39. The lowest BCUT2D eigenvalue weighted by Crippen LogP contribution is -2.17. The minimum atomic E-state index is -0.752. The standard InChI is InChI=1S/C11H12O3/c12-11(13)9-4-1-3-8(7-9)10-5-2-6-14-10/h1-2,4-6,8-9H,3,7H2,(H,12,13). The van der Waals surface area contributed by atoms with Gasteiger partial charge in [-0.15, -0.1) is 0 Å². The van der Waals surface area contributed by atoms with Crippen molar-refractivity contribution in [2.75, 3.05) is 0 Å². The second kappa shape index (κ2) is 3.70. The van der Waals surface area contributed by atoms with Gasteiger partial charge in [0.1, 0.15) is 5.76 Å². The van der Waals surface area contributed by atoms with Gasteiger partial charge in [-0.25, -0.2) is 0 Å². The molecular weight excluding hydrogens is 180 g/mol. The highest BCUT2D eigenvalue weighted by Crippen LogP contribution is 2.32. The number of aliphatic carboxylic acids is 1. The zero-order chi connectivity index (χ0) is 9.97. The molecule has 1 aliphatic carbocycles. The molecule has 2 rings (SSSR count). The van der Waals surface area contributed by atoms with Crippen molar-refractivity contribution >= 4 is 5.97 Å². The molecule has 0 fully saturated rings. The van der Waals surface area contributed by atoms with E-state index in [1.807, 2.05) is 18.2 Å². The molecule has 1 N–H and O–H groups in total. The highest BCUT2D eigenvalue weighted by Gasteiger charge is 2.25. The second-order valence-electron chi connectivity index (χ2n) is 3.56. The fraction of sp³-hybridized carbons (Fsp3) is 0.364. The molecule has 1 heterocycles. The molecule has 1 aromatic heterocycles. The molecule has 3 nitrogen and oxygen atoms in total. The third kappa shape index (κ3) is 1.71. The maximum Gasteiger partial charge on any atom is 0.310 e. The van der Waals surface area contributed by atoms with Crippen molar-refractivity contribution < 1.29 is 14.3 Å². The van der Waals surface area contributed by atoms with Crippen LogP contribution in [-0.2, 0) is 4.79 Å². The summed E-state index contributed by atoms with van der Waals surface area (Å²) in [6.45, 7) is 0. The molecule has 0 amide bonds. The van der Waals surface area contributed by atoms with Gasteiger partial charge in [-0.05, 0) is 25.0 Å². The Labute approximate surface area is 82.0 Å². The van der Waals surface area contributed by atoms with E-state index >= 15 is 0 Å². The van der Waals surface area contributed by atoms with E-state index in [4.69, 9.17) is 9.52 Å². The fourth-order valence-corrected chi connectivity index (χ4v) is 1.83. The number of furan rings is 1. The number of hydrogen-bond donors (Lipinski definition) is 1. The first-order chi connectivity index (χ1) is 6.77. The van der Waals surface area contributed by atoms with Gasteiger partial charge in [-0.2, -0.15) is 0 Å². The number of rotatable bonds is 2. The summed E-state index contributed by atoms with van der Waals surface area (Å²) in [5.74, 6) is -0.00643. The van der Waals surface area contributed by atoms with Crippen LogP contribution in [0, 0.1) is 5.92 Å². The first-order valence-electron chi connectivity index (χ1n) is 4.70. The predicted molar refractivity (Wildman–Crippen MR) is 50.9 cm³/mol. The number of carbonyl (C=O) groups is 1.